The molecule has 1 aromatic heterocycles. The summed E-state index contributed by atoms with van der Waals surface area (Å²) >= 11 is 0. The van der Waals surface area contributed by atoms with E-state index >= 15 is 0 Å². The third kappa shape index (κ3) is 4.10. The highest BCUT2D eigenvalue weighted by molar-refractivity contribution is 5.74. The minimum absolute atomic E-state index is 0.0262. The minimum Gasteiger partial charge on any atom is -0.469 e. The Morgan fingerprint density at radius 2 is 1.79 bits per heavy atom. The number of benzene rings is 1. The van der Waals surface area contributed by atoms with Crippen LogP contribution in [0.15, 0.2) is 54.9 Å². The SMILES string of the molecule is COC(=O)C1CN(Cc2ccccc2)CC12CCN(Cc1cccnc1)CC2. The summed E-state index contributed by atoms with van der Waals surface area (Å²) in [4.78, 5) is 21.7. The van der Waals surface area contributed by atoms with Crippen molar-refractivity contribution in [2.24, 2.45) is 11.3 Å². The molecule has 5 heteroatoms. The molecule has 28 heavy (non-hydrogen) atoms. The highest BCUT2D eigenvalue weighted by Gasteiger charge is 2.51. The summed E-state index contributed by atoms with van der Waals surface area (Å²) in [5, 5.41) is 0. The van der Waals surface area contributed by atoms with Crippen molar-refractivity contribution in [2.75, 3.05) is 33.3 Å². The second kappa shape index (κ2) is 8.41. The molecule has 1 aromatic carbocycles. The maximum Gasteiger partial charge on any atom is 0.310 e. The third-order valence-electron chi connectivity index (χ3n) is 6.43. The van der Waals surface area contributed by atoms with Crippen molar-refractivity contribution in [1.29, 1.82) is 0 Å². The van der Waals surface area contributed by atoms with Crippen molar-refractivity contribution in [3.63, 3.8) is 0 Å². The van der Waals surface area contributed by atoms with Gasteiger partial charge in [0.2, 0.25) is 0 Å². The normalized spacial score (nSPS) is 22.4. The number of likely N-dealkylation sites (tertiary alicyclic amines) is 2. The van der Waals surface area contributed by atoms with E-state index in [0.29, 0.717) is 0 Å². The van der Waals surface area contributed by atoms with Crippen molar-refractivity contribution in [3.8, 4) is 0 Å². The maximum absolute atomic E-state index is 12.6. The molecule has 0 N–H and O–H groups in total. The fourth-order valence-electron chi connectivity index (χ4n) is 4.91. The molecule has 3 heterocycles. The van der Waals surface area contributed by atoms with Crippen LogP contribution < -0.4 is 0 Å². The highest BCUT2D eigenvalue weighted by atomic mass is 16.5. The lowest BCUT2D eigenvalue weighted by Gasteiger charge is -2.41. The summed E-state index contributed by atoms with van der Waals surface area (Å²) in [6, 6.07) is 14.7. The van der Waals surface area contributed by atoms with E-state index in [1.807, 2.05) is 24.5 Å². The lowest BCUT2D eigenvalue weighted by atomic mass is 9.70. The molecule has 2 fully saturated rings. The molecule has 4 rings (SSSR count). The van der Waals surface area contributed by atoms with E-state index < -0.39 is 0 Å². The average molecular weight is 380 g/mol. The number of pyridine rings is 1. The van der Waals surface area contributed by atoms with Gasteiger partial charge in [-0.25, -0.2) is 0 Å². The number of piperidine rings is 1. The number of carbonyl (C=O) groups is 1. The summed E-state index contributed by atoms with van der Waals surface area (Å²) in [5.41, 5.74) is 2.59. The number of hydrogen-bond donors (Lipinski definition) is 0. The Labute approximate surface area is 167 Å². The Kier molecular flexibility index (Phi) is 5.74. The van der Waals surface area contributed by atoms with E-state index in [9.17, 15) is 4.79 Å². The van der Waals surface area contributed by atoms with Gasteiger partial charge in [0, 0.05) is 44.0 Å². The Morgan fingerprint density at radius 1 is 1.07 bits per heavy atom. The molecule has 0 saturated carbocycles. The van der Waals surface area contributed by atoms with E-state index in [0.717, 1.165) is 52.1 Å². The Hall–Kier alpha value is -2.24. The lowest BCUT2D eigenvalue weighted by Crippen LogP contribution is -2.46. The van der Waals surface area contributed by atoms with Gasteiger partial charge in [-0.15, -0.1) is 0 Å². The van der Waals surface area contributed by atoms with E-state index in [1.54, 1.807) is 0 Å². The van der Waals surface area contributed by atoms with Crippen LogP contribution in [0.5, 0.6) is 0 Å². The number of rotatable bonds is 5. The third-order valence-corrected chi connectivity index (χ3v) is 6.43. The molecular formula is C23H29N3O2. The van der Waals surface area contributed by atoms with Gasteiger partial charge in [0.05, 0.1) is 13.0 Å². The monoisotopic (exact) mass is 379 g/mol. The molecule has 2 aromatic rings. The van der Waals surface area contributed by atoms with E-state index in [1.165, 1.54) is 18.2 Å². The van der Waals surface area contributed by atoms with Crippen LogP contribution in [0.25, 0.3) is 0 Å². The van der Waals surface area contributed by atoms with Gasteiger partial charge in [0.15, 0.2) is 0 Å². The fourth-order valence-corrected chi connectivity index (χ4v) is 4.91. The standard InChI is InChI=1S/C23H29N3O2/c1-28-22(27)21-17-26(15-19-6-3-2-4-7-19)18-23(21)9-12-25(13-10-23)16-20-8-5-11-24-14-20/h2-8,11,14,21H,9-10,12-13,15-18H2,1H3. The number of hydrogen-bond acceptors (Lipinski definition) is 5. The van der Waals surface area contributed by atoms with Gasteiger partial charge in [0.1, 0.15) is 0 Å². The summed E-state index contributed by atoms with van der Waals surface area (Å²) in [6.45, 7) is 5.63. The second-order valence-corrected chi connectivity index (χ2v) is 8.23. The summed E-state index contributed by atoms with van der Waals surface area (Å²) < 4.78 is 5.20. The molecule has 2 aliphatic heterocycles. The van der Waals surface area contributed by atoms with Crippen LogP contribution in [-0.2, 0) is 22.6 Å². The van der Waals surface area contributed by atoms with Crippen molar-refractivity contribution in [1.82, 2.24) is 14.8 Å². The first-order chi connectivity index (χ1) is 13.7. The van der Waals surface area contributed by atoms with E-state index in [2.05, 4.69) is 45.1 Å². The fraction of sp³-hybridized carbons (Fsp3) is 0.478. The van der Waals surface area contributed by atoms with Gasteiger partial charge in [-0.2, -0.15) is 0 Å². The van der Waals surface area contributed by atoms with Gasteiger partial charge in [-0.05, 0) is 43.1 Å². The zero-order valence-corrected chi connectivity index (χ0v) is 16.6. The zero-order chi connectivity index (χ0) is 19.4. The molecule has 1 spiro atoms. The van der Waals surface area contributed by atoms with Crippen molar-refractivity contribution in [2.45, 2.75) is 25.9 Å². The number of aromatic nitrogens is 1. The van der Waals surface area contributed by atoms with Crippen LogP contribution in [0.3, 0.4) is 0 Å². The quantitative estimate of drug-likeness (QED) is 0.748. The number of esters is 1. The second-order valence-electron chi connectivity index (χ2n) is 8.23. The molecule has 5 nitrogen and oxygen atoms in total. The predicted molar refractivity (Wildman–Crippen MR) is 108 cm³/mol. The number of carbonyl (C=O) groups excluding carboxylic acids is 1. The van der Waals surface area contributed by atoms with Crippen LogP contribution in [-0.4, -0.2) is 54.0 Å². The molecule has 1 unspecified atom stereocenters. The molecule has 0 aliphatic carbocycles. The van der Waals surface area contributed by atoms with Crippen molar-refractivity contribution in [3.05, 3.63) is 66.0 Å². The first-order valence-electron chi connectivity index (χ1n) is 10.1. The molecule has 0 radical (unpaired) electrons. The van der Waals surface area contributed by atoms with Gasteiger partial charge in [-0.3, -0.25) is 19.6 Å². The molecule has 0 bridgehead atoms. The summed E-state index contributed by atoms with van der Waals surface area (Å²) in [6.07, 6.45) is 5.84. The molecule has 0 amide bonds. The average Bonchev–Trinajstić information content (AvgIpc) is 3.08. The smallest absolute Gasteiger partial charge is 0.310 e. The van der Waals surface area contributed by atoms with Crippen LogP contribution in [0.1, 0.15) is 24.0 Å². The Morgan fingerprint density at radius 3 is 2.46 bits per heavy atom. The van der Waals surface area contributed by atoms with Crippen LogP contribution >= 0.6 is 0 Å². The molecular weight excluding hydrogens is 350 g/mol. The number of methoxy groups -OCH3 is 1. The first kappa shape index (κ1) is 19.1. The first-order valence-corrected chi connectivity index (χ1v) is 10.1. The Bertz CT molecular complexity index is 773. The molecule has 1 atom stereocenters. The van der Waals surface area contributed by atoms with Crippen molar-refractivity contribution < 1.29 is 9.53 Å². The molecule has 148 valence electrons. The van der Waals surface area contributed by atoms with Gasteiger partial charge in [-0.1, -0.05) is 36.4 Å². The van der Waals surface area contributed by atoms with Gasteiger partial charge < -0.3 is 4.74 Å². The lowest BCUT2D eigenvalue weighted by molar-refractivity contribution is -0.149. The molecule has 2 saturated heterocycles. The van der Waals surface area contributed by atoms with Gasteiger partial charge in [0.25, 0.3) is 0 Å². The topological polar surface area (TPSA) is 45.7 Å². The van der Waals surface area contributed by atoms with Gasteiger partial charge >= 0.3 is 5.97 Å². The van der Waals surface area contributed by atoms with Crippen LogP contribution in [0.2, 0.25) is 0 Å². The van der Waals surface area contributed by atoms with Crippen LogP contribution in [0, 0.1) is 11.3 Å². The molecule has 2 aliphatic rings. The Balaban J connectivity index is 1.43. The summed E-state index contributed by atoms with van der Waals surface area (Å²) in [5.74, 6) is -0.0713. The summed E-state index contributed by atoms with van der Waals surface area (Å²) in [7, 11) is 1.52. The van der Waals surface area contributed by atoms with Crippen molar-refractivity contribution >= 4 is 5.97 Å². The zero-order valence-electron chi connectivity index (χ0n) is 16.6. The minimum atomic E-state index is -0.0451. The predicted octanol–water partition coefficient (Wildman–Crippen LogP) is 2.97. The maximum atomic E-state index is 12.6. The number of ether oxygens (including phenoxy) is 1. The number of nitrogens with zero attached hydrogens (tertiary/aromatic N) is 3. The largest absolute Gasteiger partial charge is 0.469 e. The highest BCUT2D eigenvalue weighted by Crippen LogP contribution is 2.45. The van der Waals surface area contributed by atoms with E-state index in [-0.39, 0.29) is 17.3 Å². The van der Waals surface area contributed by atoms with Crippen LogP contribution in [0.4, 0.5) is 0 Å². The van der Waals surface area contributed by atoms with E-state index in [4.69, 9.17) is 4.74 Å².